The van der Waals surface area contributed by atoms with Gasteiger partial charge in [0.2, 0.25) is 0 Å². The van der Waals surface area contributed by atoms with Crippen molar-refractivity contribution in [2.24, 2.45) is 0 Å². The molecule has 0 unspecified atom stereocenters. The Labute approximate surface area is 132 Å². The lowest BCUT2D eigenvalue weighted by molar-refractivity contribution is 0.580. The average Bonchev–Trinajstić information content (AvgIpc) is 2.46. The largest absolute Gasteiger partial charge is 0.224 e. The molecule has 126 valence electrons. The fourth-order valence-electron chi connectivity index (χ4n) is 1.75. The summed E-state index contributed by atoms with van der Waals surface area (Å²) in [7, 11) is -11.3. The van der Waals surface area contributed by atoms with Gasteiger partial charge in [-0.25, -0.2) is 25.3 Å². The van der Waals surface area contributed by atoms with Gasteiger partial charge in [0, 0.05) is 0 Å². The number of benzene rings is 1. The molecular formula is C13H20O6S3. The summed E-state index contributed by atoms with van der Waals surface area (Å²) in [5.41, 5.74) is 0. The van der Waals surface area contributed by atoms with Gasteiger partial charge in [-0.3, -0.25) is 0 Å². The zero-order chi connectivity index (χ0) is 17.3. The van der Waals surface area contributed by atoms with E-state index in [-0.39, 0.29) is 21.3 Å². The van der Waals surface area contributed by atoms with Crippen LogP contribution in [0.1, 0.15) is 27.7 Å². The molecule has 9 heteroatoms. The number of rotatable bonds is 6. The molecule has 0 atom stereocenters. The second kappa shape index (κ2) is 6.29. The first-order valence-corrected chi connectivity index (χ1v) is 11.6. The van der Waals surface area contributed by atoms with Crippen LogP contribution in [0.4, 0.5) is 0 Å². The topological polar surface area (TPSA) is 102 Å². The molecule has 0 bridgehead atoms. The van der Waals surface area contributed by atoms with Crippen molar-refractivity contribution in [3.8, 4) is 0 Å². The van der Waals surface area contributed by atoms with E-state index in [9.17, 15) is 25.3 Å². The Balaban J connectivity index is 3.83. The van der Waals surface area contributed by atoms with Gasteiger partial charge in [0.1, 0.15) is 0 Å². The molecule has 0 fully saturated rings. The molecule has 1 aromatic carbocycles. The van der Waals surface area contributed by atoms with Crippen LogP contribution in [0, 0.1) is 0 Å². The first-order valence-electron chi connectivity index (χ1n) is 6.73. The van der Waals surface area contributed by atoms with Gasteiger partial charge in [0.25, 0.3) is 0 Å². The second-order valence-corrected chi connectivity index (χ2v) is 12.0. The highest BCUT2D eigenvalue weighted by molar-refractivity contribution is 7.94. The van der Waals surface area contributed by atoms with Gasteiger partial charge in [-0.15, -0.1) is 0 Å². The summed E-state index contributed by atoms with van der Waals surface area (Å²) in [6, 6.07) is 3.17. The van der Waals surface area contributed by atoms with E-state index >= 15 is 0 Å². The highest BCUT2D eigenvalue weighted by Gasteiger charge is 2.28. The van der Waals surface area contributed by atoms with Gasteiger partial charge in [0.15, 0.2) is 29.5 Å². The summed E-state index contributed by atoms with van der Waals surface area (Å²) >= 11 is 0. The van der Waals surface area contributed by atoms with Crippen LogP contribution < -0.4 is 0 Å². The van der Waals surface area contributed by atoms with E-state index in [2.05, 4.69) is 0 Å². The predicted octanol–water partition coefficient (Wildman–Crippen LogP) is 1.46. The van der Waals surface area contributed by atoms with Crippen LogP contribution in [-0.4, -0.2) is 42.0 Å². The van der Waals surface area contributed by atoms with Crippen molar-refractivity contribution in [3.63, 3.8) is 0 Å². The van der Waals surface area contributed by atoms with Gasteiger partial charge >= 0.3 is 0 Å². The summed E-state index contributed by atoms with van der Waals surface area (Å²) in [6.45, 7) is 5.72. The summed E-state index contributed by atoms with van der Waals surface area (Å²) in [5.74, 6) is -0.583. The zero-order valence-electron chi connectivity index (χ0n) is 12.9. The maximum atomic E-state index is 12.2. The first kappa shape index (κ1) is 19.1. The molecule has 0 saturated carbocycles. The minimum absolute atomic E-state index is 0.190. The van der Waals surface area contributed by atoms with Crippen LogP contribution in [0.25, 0.3) is 0 Å². The molecule has 0 aliphatic rings. The Hall–Kier alpha value is -0.930. The fourth-order valence-corrected chi connectivity index (χ4v) is 5.61. The Kier molecular flexibility index (Phi) is 5.46. The van der Waals surface area contributed by atoms with Crippen molar-refractivity contribution >= 4 is 29.5 Å². The minimum atomic E-state index is -3.87. The van der Waals surface area contributed by atoms with E-state index in [1.54, 1.807) is 0 Å². The van der Waals surface area contributed by atoms with Crippen LogP contribution >= 0.6 is 0 Å². The molecular weight excluding hydrogens is 348 g/mol. The van der Waals surface area contributed by atoms with Crippen LogP contribution in [0.15, 0.2) is 32.9 Å². The van der Waals surface area contributed by atoms with E-state index in [0.29, 0.717) is 0 Å². The van der Waals surface area contributed by atoms with Crippen LogP contribution in [0.5, 0.6) is 0 Å². The maximum Gasteiger partial charge on any atom is 0.180 e. The number of sulfone groups is 3. The normalized spacial score (nSPS) is 13.5. The Bertz CT molecular complexity index is 862. The molecule has 0 aliphatic carbocycles. The first-order chi connectivity index (χ1) is 9.90. The zero-order valence-corrected chi connectivity index (χ0v) is 15.3. The predicted molar refractivity (Wildman–Crippen MR) is 84.2 cm³/mol. The van der Waals surface area contributed by atoms with Crippen LogP contribution in [0.3, 0.4) is 0 Å². The van der Waals surface area contributed by atoms with Crippen molar-refractivity contribution < 1.29 is 25.3 Å². The molecule has 0 heterocycles. The smallest absolute Gasteiger partial charge is 0.180 e. The standard InChI is InChI=1S/C13H20O6S3/c1-5-20(14,15)12-8-7-11(22(18,19)10(3)4)9-13(12)21(16,17)6-2/h7-10H,5-6H2,1-4H3. The lowest BCUT2D eigenvalue weighted by Crippen LogP contribution is -2.17. The Morgan fingerprint density at radius 1 is 0.818 bits per heavy atom. The molecule has 0 amide bonds. The van der Waals surface area contributed by atoms with Gasteiger partial charge in [-0.1, -0.05) is 13.8 Å². The third kappa shape index (κ3) is 3.52. The van der Waals surface area contributed by atoms with E-state index in [0.717, 1.165) is 18.2 Å². The van der Waals surface area contributed by atoms with E-state index in [4.69, 9.17) is 0 Å². The molecule has 0 aliphatic heterocycles. The van der Waals surface area contributed by atoms with E-state index in [1.165, 1.54) is 27.7 Å². The molecule has 0 spiro atoms. The molecule has 6 nitrogen and oxygen atoms in total. The summed E-state index contributed by atoms with van der Waals surface area (Å²) in [4.78, 5) is -0.984. The Morgan fingerprint density at radius 2 is 1.27 bits per heavy atom. The minimum Gasteiger partial charge on any atom is -0.224 e. The fraction of sp³-hybridized carbons (Fsp3) is 0.538. The summed E-state index contributed by atoms with van der Waals surface area (Å²) in [6.07, 6.45) is 0. The molecule has 0 N–H and O–H groups in total. The third-order valence-corrected chi connectivity index (χ3v) is 9.13. The van der Waals surface area contributed by atoms with Crippen molar-refractivity contribution in [3.05, 3.63) is 18.2 Å². The molecule has 0 radical (unpaired) electrons. The highest BCUT2D eigenvalue weighted by Crippen LogP contribution is 2.28. The van der Waals surface area contributed by atoms with Crippen molar-refractivity contribution in [2.45, 2.75) is 47.6 Å². The van der Waals surface area contributed by atoms with Crippen LogP contribution in [-0.2, 0) is 29.5 Å². The quantitative estimate of drug-likeness (QED) is 0.753. The Morgan fingerprint density at radius 3 is 1.68 bits per heavy atom. The van der Waals surface area contributed by atoms with Gasteiger partial charge < -0.3 is 0 Å². The van der Waals surface area contributed by atoms with Gasteiger partial charge in [-0.05, 0) is 32.0 Å². The summed E-state index contributed by atoms with van der Waals surface area (Å²) in [5, 5.41) is -0.738. The summed E-state index contributed by atoms with van der Waals surface area (Å²) < 4.78 is 72.9. The highest BCUT2D eigenvalue weighted by atomic mass is 32.2. The number of hydrogen-bond donors (Lipinski definition) is 0. The molecule has 0 aromatic heterocycles. The van der Waals surface area contributed by atoms with Crippen LogP contribution in [0.2, 0.25) is 0 Å². The lowest BCUT2D eigenvalue weighted by Gasteiger charge is -2.13. The van der Waals surface area contributed by atoms with Gasteiger partial charge in [0.05, 0.1) is 31.4 Å². The maximum absolute atomic E-state index is 12.2. The van der Waals surface area contributed by atoms with E-state index < -0.39 is 39.7 Å². The number of hydrogen-bond acceptors (Lipinski definition) is 6. The van der Waals surface area contributed by atoms with E-state index in [1.807, 2.05) is 0 Å². The van der Waals surface area contributed by atoms with Crippen molar-refractivity contribution in [1.82, 2.24) is 0 Å². The monoisotopic (exact) mass is 368 g/mol. The lowest BCUT2D eigenvalue weighted by atomic mass is 10.4. The SMILES string of the molecule is CCS(=O)(=O)c1ccc(S(=O)(=O)C(C)C)cc1S(=O)(=O)CC. The molecule has 1 aromatic rings. The average molecular weight is 368 g/mol. The molecule has 0 saturated heterocycles. The second-order valence-electron chi connectivity index (χ2n) is 5.01. The molecule has 1 rings (SSSR count). The van der Waals surface area contributed by atoms with Crippen molar-refractivity contribution in [2.75, 3.05) is 11.5 Å². The van der Waals surface area contributed by atoms with Gasteiger partial charge in [-0.2, -0.15) is 0 Å². The third-order valence-electron chi connectivity index (χ3n) is 3.29. The van der Waals surface area contributed by atoms with Crippen molar-refractivity contribution in [1.29, 1.82) is 0 Å². The molecule has 22 heavy (non-hydrogen) atoms.